The molecule has 0 saturated carbocycles. The minimum Gasteiger partial charge on any atom is -0.335 e. The quantitative estimate of drug-likeness (QED) is 0.388. The van der Waals surface area contributed by atoms with Gasteiger partial charge in [0.2, 0.25) is 5.91 Å². The fourth-order valence-corrected chi connectivity index (χ4v) is 4.51. The van der Waals surface area contributed by atoms with Crippen molar-refractivity contribution in [3.63, 3.8) is 0 Å². The van der Waals surface area contributed by atoms with Gasteiger partial charge in [0.05, 0.1) is 17.4 Å². The number of nitrogens with zero attached hydrogens (tertiary/aromatic N) is 3. The first-order valence-corrected chi connectivity index (χ1v) is 11.5. The number of amides is 2. The van der Waals surface area contributed by atoms with Crippen LogP contribution in [0, 0.1) is 13.8 Å². The van der Waals surface area contributed by atoms with Gasteiger partial charge in [-0.3, -0.25) is 14.0 Å². The van der Waals surface area contributed by atoms with Gasteiger partial charge in [-0.05, 0) is 56.7 Å². The van der Waals surface area contributed by atoms with Crippen LogP contribution in [0.3, 0.4) is 0 Å². The Morgan fingerprint density at radius 1 is 1.12 bits per heavy atom. The lowest BCUT2D eigenvalue weighted by Gasteiger charge is -2.24. The zero-order valence-corrected chi connectivity index (χ0v) is 19.9. The molecule has 0 radical (unpaired) electrons. The van der Waals surface area contributed by atoms with Crippen LogP contribution in [0.1, 0.15) is 45.2 Å². The van der Waals surface area contributed by atoms with E-state index in [1.165, 1.54) is 4.88 Å². The van der Waals surface area contributed by atoms with Crippen LogP contribution in [-0.4, -0.2) is 33.1 Å². The number of anilines is 1. The maximum atomic E-state index is 12.9. The van der Waals surface area contributed by atoms with Gasteiger partial charge in [-0.2, -0.15) is 0 Å². The Morgan fingerprint density at radius 3 is 2.64 bits per heavy atom. The SMILES string of the molecule is Cc1cn2c(/C=C/C(=O)N(C)C(C)c3cccc(NC(=O)c4ccccc4)c3)c(C)nc2s1. The van der Waals surface area contributed by atoms with E-state index in [-0.39, 0.29) is 17.9 Å². The van der Waals surface area contributed by atoms with Crippen LogP contribution < -0.4 is 5.32 Å². The molecule has 4 rings (SSSR count). The number of benzene rings is 2. The van der Waals surface area contributed by atoms with Gasteiger partial charge in [0, 0.05) is 35.4 Å². The molecule has 1 N–H and O–H groups in total. The predicted octanol–water partition coefficient (Wildman–Crippen LogP) is 5.50. The standard InChI is InChI=1S/C26H26N4O2S/c1-17-16-30-23(18(2)27-26(30)33-17)13-14-24(31)29(4)19(3)21-11-8-12-22(15-21)28-25(32)20-9-6-5-7-10-20/h5-16,19H,1-4H3,(H,28,32)/b14-13+. The molecule has 0 saturated heterocycles. The van der Waals surface area contributed by atoms with E-state index < -0.39 is 0 Å². The molecule has 168 valence electrons. The molecular formula is C26H26N4O2S. The van der Waals surface area contributed by atoms with Crippen molar-refractivity contribution in [3.05, 3.63) is 94.3 Å². The molecule has 0 aliphatic rings. The Bertz CT molecular complexity index is 1340. The average molecular weight is 459 g/mol. The maximum Gasteiger partial charge on any atom is 0.255 e. The summed E-state index contributed by atoms with van der Waals surface area (Å²) in [7, 11) is 1.78. The van der Waals surface area contributed by atoms with Crippen molar-refractivity contribution in [1.82, 2.24) is 14.3 Å². The van der Waals surface area contributed by atoms with E-state index in [9.17, 15) is 9.59 Å². The highest BCUT2D eigenvalue weighted by atomic mass is 32.1. The number of likely N-dealkylation sites (N-methyl/N-ethyl adjacent to an activating group) is 1. The zero-order chi connectivity index (χ0) is 23.5. The van der Waals surface area contributed by atoms with E-state index in [4.69, 9.17) is 0 Å². The zero-order valence-electron chi connectivity index (χ0n) is 19.1. The Morgan fingerprint density at radius 2 is 1.88 bits per heavy atom. The van der Waals surface area contributed by atoms with Gasteiger partial charge in [-0.25, -0.2) is 4.98 Å². The highest BCUT2D eigenvalue weighted by Gasteiger charge is 2.17. The van der Waals surface area contributed by atoms with E-state index in [1.807, 2.05) is 79.9 Å². The van der Waals surface area contributed by atoms with Crippen molar-refractivity contribution in [3.8, 4) is 0 Å². The minimum absolute atomic E-state index is 0.109. The van der Waals surface area contributed by atoms with Crippen LogP contribution in [0.2, 0.25) is 0 Å². The Hall–Kier alpha value is -3.71. The van der Waals surface area contributed by atoms with Gasteiger partial charge in [0.1, 0.15) is 0 Å². The number of fused-ring (bicyclic) bond motifs is 1. The van der Waals surface area contributed by atoms with Crippen LogP contribution in [0.5, 0.6) is 0 Å². The second-order valence-electron chi connectivity index (χ2n) is 7.98. The number of nitrogens with one attached hydrogen (secondary N) is 1. The maximum absolute atomic E-state index is 12.9. The van der Waals surface area contributed by atoms with E-state index in [0.29, 0.717) is 11.3 Å². The summed E-state index contributed by atoms with van der Waals surface area (Å²) < 4.78 is 2.02. The number of rotatable bonds is 6. The number of imidazole rings is 1. The summed E-state index contributed by atoms with van der Waals surface area (Å²) in [6.07, 6.45) is 5.44. The lowest BCUT2D eigenvalue weighted by Crippen LogP contribution is -2.28. The number of hydrogen-bond donors (Lipinski definition) is 1. The van der Waals surface area contributed by atoms with Crippen molar-refractivity contribution in [2.24, 2.45) is 0 Å². The summed E-state index contributed by atoms with van der Waals surface area (Å²) in [5.74, 6) is -0.276. The summed E-state index contributed by atoms with van der Waals surface area (Å²) in [4.78, 5) is 33.7. The van der Waals surface area contributed by atoms with Crippen molar-refractivity contribution in [2.45, 2.75) is 26.8 Å². The molecule has 0 aliphatic heterocycles. The summed E-state index contributed by atoms with van der Waals surface area (Å²) in [5, 5.41) is 2.93. The van der Waals surface area contributed by atoms with Gasteiger partial charge in [-0.15, -0.1) is 11.3 Å². The number of carbonyl (C=O) groups is 2. The van der Waals surface area contributed by atoms with Crippen LogP contribution >= 0.6 is 11.3 Å². The molecule has 33 heavy (non-hydrogen) atoms. The number of aromatic nitrogens is 2. The lowest BCUT2D eigenvalue weighted by molar-refractivity contribution is -0.126. The van der Waals surface area contributed by atoms with E-state index in [2.05, 4.69) is 10.3 Å². The number of carbonyl (C=O) groups excluding carboxylic acids is 2. The van der Waals surface area contributed by atoms with E-state index in [1.54, 1.807) is 41.5 Å². The highest BCUT2D eigenvalue weighted by Crippen LogP contribution is 2.24. The first kappa shape index (κ1) is 22.5. The molecule has 2 aromatic heterocycles. The number of aryl methyl sites for hydroxylation is 2. The minimum atomic E-state index is -0.175. The number of thiazole rings is 1. The van der Waals surface area contributed by atoms with Crippen molar-refractivity contribution < 1.29 is 9.59 Å². The fourth-order valence-electron chi connectivity index (χ4n) is 3.63. The molecule has 4 aromatic rings. The van der Waals surface area contributed by atoms with Crippen LogP contribution in [0.25, 0.3) is 11.0 Å². The monoisotopic (exact) mass is 458 g/mol. The Labute approximate surface area is 197 Å². The summed E-state index contributed by atoms with van der Waals surface area (Å²) in [6, 6.07) is 16.5. The topological polar surface area (TPSA) is 66.7 Å². The number of hydrogen-bond acceptors (Lipinski definition) is 4. The van der Waals surface area contributed by atoms with Gasteiger partial charge < -0.3 is 10.2 Å². The van der Waals surface area contributed by atoms with E-state index in [0.717, 1.165) is 21.9 Å². The van der Waals surface area contributed by atoms with Crippen LogP contribution in [0.4, 0.5) is 5.69 Å². The van der Waals surface area contributed by atoms with Crippen molar-refractivity contribution in [1.29, 1.82) is 0 Å². The molecule has 2 amide bonds. The van der Waals surface area contributed by atoms with E-state index >= 15 is 0 Å². The molecule has 2 aromatic carbocycles. The summed E-state index contributed by atoms with van der Waals surface area (Å²) >= 11 is 1.63. The molecular weight excluding hydrogens is 432 g/mol. The normalized spacial score (nSPS) is 12.2. The van der Waals surface area contributed by atoms with Gasteiger partial charge in [0.25, 0.3) is 5.91 Å². The van der Waals surface area contributed by atoms with Crippen molar-refractivity contribution >= 4 is 39.9 Å². The Kier molecular flexibility index (Phi) is 6.42. The Balaban J connectivity index is 1.47. The van der Waals surface area contributed by atoms with Gasteiger partial charge in [0.15, 0.2) is 4.96 Å². The molecule has 0 fully saturated rings. The molecule has 2 heterocycles. The predicted molar refractivity (Wildman–Crippen MR) is 134 cm³/mol. The third-order valence-corrected chi connectivity index (χ3v) is 6.54. The molecule has 6 nitrogen and oxygen atoms in total. The summed E-state index contributed by atoms with van der Waals surface area (Å²) in [5.41, 5.74) is 4.02. The van der Waals surface area contributed by atoms with Crippen LogP contribution in [-0.2, 0) is 4.79 Å². The smallest absolute Gasteiger partial charge is 0.255 e. The first-order chi connectivity index (χ1) is 15.8. The van der Waals surface area contributed by atoms with Crippen LogP contribution in [0.15, 0.2) is 66.9 Å². The summed E-state index contributed by atoms with van der Waals surface area (Å²) in [6.45, 7) is 5.95. The molecule has 0 spiro atoms. The average Bonchev–Trinajstić information content (AvgIpc) is 3.31. The largest absolute Gasteiger partial charge is 0.335 e. The van der Waals surface area contributed by atoms with Crippen molar-refractivity contribution in [2.75, 3.05) is 12.4 Å². The first-order valence-electron chi connectivity index (χ1n) is 10.7. The molecule has 7 heteroatoms. The van der Waals surface area contributed by atoms with Gasteiger partial charge in [-0.1, -0.05) is 30.3 Å². The third-order valence-electron chi connectivity index (χ3n) is 5.64. The molecule has 1 atom stereocenters. The molecule has 0 bridgehead atoms. The lowest BCUT2D eigenvalue weighted by atomic mass is 10.1. The molecule has 0 aliphatic carbocycles. The third kappa shape index (κ3) is 4.88. The van der Waals surface area contributed by atoms with Gasteiger partial charge >= 0.3 is 0 Å². The fraction of sp³-hybridized carbons (Fsp3) is 0.192. The highest BCUT2D eigenvalue weighted by molar-refractivity contribution is 7.17. The second-order valence-corrected chi connectivity index (χ2v) is 9.19. The molecule has 1 unspecified atom stereocenters. The second kappa shape index (κ2) is 9.42.